The molecule has 4 rings (SSSR count). The lowest BCUT2D eigenvalue weighted by atomic mass is 9.90. The van der Waals surface area contributed by atoms with Crippen molar-refractivity contribution in [2.75, 3.05) is 0 Å². The molecule has 29 heavy (non-hydrogen) atoms. The Morgan fingerprint density at radius 3 is 2.24 bits per heavy atom. The minimum absolute atomic E-state index is 0.110. The number of rotatable bonds is 5. The summed E-state index contributed by atoms with van der Waals surface area (Å²) in [6.45, 7) is 2.15. The zero-order chi connectivity index (χ0) is 20.7. The Hall–Kier alpha value is -3.94. The molecule has 1 aromatic heterocycles. The third-order valence-electron chi connectivity index (χ3n) is 4.98. The number of ketones is 3. The smallest absolute Gasteiger partial charge is 0.269 e. The van der Waals surface area contributed by atoms with Crippen molar-refractivity contribution in [2.24, 2.45) is 0 Å². The largest absolute Gasteiger partial charge is 0.290 e. The monoisotopic (exact) mass is 390 g/mol. The third kappa shape index (κ3) is 2.94. The van der Waals surface area contributed by atoms with Gasteiger partial charge in [-0.25, -0.2) is 9.13 Å². The Morgan fingerprint density at radius 1 is 1.03 bits per heavy atom. The SMILES string of the molecule is CCn1c[n+](CC(=O)c2ccc([N+](=O)[O-])cc2)c2c1C(=O)c1ccccc1C2=O. The quantitative estimate of drug-likeness (QED) is 0.225. The summed E-state index contributed by atoms with van der Waals surface area (Å²) >= 11 is 0. The van der Waals surface area contributed by atoms with Crippen molar-refractivity contribution in [3.63, 3.8) is 0 Å². The van der Waals surface area contributed by atoms with Crippen molar-refractivity contribution >= 4 is 23.0 Å². The van der Waals surface area contributed by atoms with Crippen LogP contribution in [0.2, 0.25) is 0 Å². The van der Waals surface area contributed by atoms with E-state index in [-0.39, 0.29) is 46.5 Å². The summed E-state index contributed by atoms with van der Waals surface area (Å²) in [6.07, 6.45) is 1.59. The molecule has 0 bridgehead atoms. The molecule has 1 aliphatic rings. The molecule has 1 heterocycles. The van der Waals surface area contributed by atoms with Gasteiger partial charge in [-0.2, -0.15) is 0 Å². The Morgan fingerprint density at radius 2 is 1.66 bits per heavy atom. The van der Waals surface area contributed by atoms with Gasteiger partial charge in [-0.1, -0.05) is 24.3 Å². The zero-order valence-electron chi connectivity index (χ0n) is 15.5. The maximum Gasteiger partial charge on any atom is 0.269 e. The third-order valence-corrected chi connectivity index (χ3v) is 4.98. The van der Waals surface area contributed by atoms with E-state index in [0.29, 0.717) is 17.7 Å². The van der Waals surface area contributed by atoms with Crippen LogP contribution in [-0.2, 0) is 13.1 Å². The molecule has 0 unspecified atom stereocenters. The number of hydrogen-bond acceptors (Lipinski definition) is 5. The minimum atomic E-state index is -0.539. The molecule has 0 radical (unpaired) electrons. The summed E-state index contributed by atoms with van der Waals surface area (Å²) in [5.74, 6) is -0.877. The number of benzene rings is 2. The van der Waals surface area contributed by atoms with E-state index in [0.717, 1.165) is 0 Å². The van der Waals surface area contributed by atoms with Crippen LogP contribution in [0.3, 0.4) is 0 Å². The molecule has 144 valence electrons. The molecule has 2 aromatic carbocycles. The molecule has 0 atom stereocenters. The summed E-state index contributed by atoms with van der Waals surface area (Å²) in [7, 11) is 0. The molecule has 0 N–H and O–H groups in total. The van der Waals surface area contributed by atoms with Crippen LogP contribution in [0, 0.1) is 10.1 Å². The van der Waals surface area contributed by atoms with Gasteiger partial charge in [0.2, 0.25) is 35.1 Å². The van der Waals surface area contributed by atoms with E-state index >= 15 is 0 Å². The summed E-state index contributed by atoms with van der Waals surface area (Å²) in [6, 6.07) is 11.9. The highest BCUT2D eigenvalue weighted by Crippen LogP contribution is 2.26. The number of fused-ring (bicyclic) bond motifs is 2. The van der Waals surface area contributed by atoms with Crippen molar-refractivity contribution in [3.8, 4) is 0 Å². The fourth-order valence-electron chi connectivity index (χ4n) is 3.54. The molecule has 0 saturated heterocycles. The van der Waals surface area contributed by atoms with Gasteiger partial charge in [-0.3, -0.25) is 24.5 Å². The summed E-state index contributed by atoms with van der Waals surface area (Å²) in [5, 5.41) is 10.8. The van der Waals surface area contributed by atoms with Crippen molar-refractivity contribution < 1.29 is 23.9 Å². The number of aromatic nitrogens is 2. The van der Waals surface area contributed by atoms with Gasteiger partial charge in [-0.05, 0) is 19.1 Å². The van der Waals surface area contributed by atoms with E-state index in [1.165, 1.54) is 28.8 Å². The standard InChI is InChI=1S/C21H16N3O5/c1-2-22-12-23(11-17(25)13-7-9-14(10-8-13)24(28)29)19-18(22)20(26)15-5-3-4-6-16(15)21(19)27/h3-10,12H,2,11H2,1H3/q+1. The van der Waals surface area contributed by atoms with Crippen molar-refractivity contribution in [1.29, 1.82) is 0 Å². The van der Waals surface area contributed by atoms with Crippen LogP contribution in [0.15, 0.2) is 54.9 Å². The first-order chi connectivity index (χ1) is 13.9. The second kappa shape index (κ2) is 6.90. The number of carbonyl (C=O) groups is 3. The van der Waals surface area contributed by atoms with Crippen LogP contribution in [0.1, 0.15) is 49.4 Å². The predicted octanol–water partition coefficient (Wildman–Crippen LogP) is 2.36. The van der Waals surface area contributed by atoms with Crippen LogP contribution < -0.4 is 4.57 Å². The molecule has 0 aliphatic heterocycles. The molecule has 3 aromatic rings. The van der Waals surface area contributed by atoms with Gasteiger partial charge >= 0.3 is 0 Å². The maximum atomic E-state index is 13.1. The molecule has 8 nitrogen and oxygen atoms in total. The normalized spacial score (nSPS) is 12.4. The lowest BCUT2D eigenvalue weighted by Crippen LogP contribution is -2.43. The number of hydrogen-bond donors (Lipinski definition) is 0. The van der Waals surface area contributed by atoms with E-state index in [1.54, 1.807) is 35.2 Å². The lowest BCUT2D eigenvalue weighted by Gasteiger charge is -2.12. The first-order valence-corrected chi connectivity index (χ1v) is 9.01. The number of non-ortho nitro benzene ring substituents is 1. The number of carbonyl (C=O) groups excluding carboxylic acids is 3. The van der Waals surface area contributed by atoms with E-state index in [1.807, 2.05) is 6.92 Å². The number of nitro benzene ring substituents is 1. The summed E-state index contributed by atoms with van der Waals surface area (Å²) in [5.41, 5.74) is 1.30. The van der Waals surface area contributed by atoms with Crippen LogP contribution >= 0.6 is 0 Å². The second-order valence-electron chi connectivity index (χ2n) is 6.66. The molecule has 1 aliphatic carbocycles. The van der Waals surface area contributed by atoms with Crippen LogP contribution in [0.4, 0.5) is 5.69 Å². The topological polar surface area (TPSA) is 103 Å². The van der Waals surface area contributed by atoms with E-state index in [2.05, 4.69) is 0 Å². The first-order valence-electron chi connectivity index (χ1n) is 9.01. The molecular formula is C21H16N3O5+. The number of Topliss-reactive ketones (excluding diaryl/α,β-unsaturated/α-hetero) is 1. The molecule has 8 heteroatoms. The molecule has 0 spiro atoms. The lowest BCUT2D eigenvalue weighted by molar-refractivity contribution is -0.684. The van der Waals surface area contributed by atoms with Gasteiger partial charge in [0.25, 0.3) is 5.69 Å². The molecular weight excluding hydrogens is 374 g/mol. The highest BCUT2D eigenvalue weighted by molar-refractivity contribution is 6.26. The summed E-state index contributed by atoms with van der Waals surface area (Å²) in [4.78, 5) is 49.0. The van der Waals surface area contributed by atoms with Gasteiger partial charge in [0, 0.05) is 28.8 Å². The predicted molar refractivity (Wildman–Crippen MR) is 101 cm³/mol. The van der Waals surface area contributed by atoms with Crippen LogP contribution in [0.5, 0.6) is 0 Å². The fraction of sp³-hybridized carbons (Fsp3) is 0.143. The van der Waals surface area contributed by atoms with Gasteiger partial charge in [-0.15, -0.1) is 0 Å². The van der Waals surface area contributed by atoms with Gasteiger partial charge in [0.15, 0.2) is 6.54 Å². The number of imidazole rings is 1. The average molecular weight is 390 g/mol. The Balaban J connectivity index is 1.74. The van der Waals surface area contributed by atoms with Gasteiger partial charge in [0.05, 0.1) is 11.5 Å². The first kappa shape index (κ1) is 18.4. The van der Waals surface area contributed by atoms with Crippen molar-refractivity contribution in [3.05, 3.63) is 93.1 Å². The van der Waals surface area contributed by atoms with Crippen molar-refractivity contribution in [2.45, 2.75) is 20.0 Å². The maximum absolute atomic E-state index is 13.1. The van der Waals surface area contributed by atoms with Crippen LogP contribution in [-0.4, -0.2) is 26.8 Å². The average Bonchev–Trinajstić information content (AvgIpc) is 3.10. The molecule has 0 saturated carbocycles. The minimum Gasteiger partial charge on any atom is -0.290 e. The Bertz CT molecular complexity index is 1190. The number of nitro groups is 1. The van der Waals surface area contributed by atoms with E-state index in [9.17, 15) is 24.5 Å². The Labute approximate surface area is 165 Å². The highest BCUT2D eigenvalue weighted by Gasteiger charge is 2.41. The van der Waals surface area contributed by atoms with Crippen LogP contribution in [0.25, 0.3) is 0 Å². The van der Waals surface area contributed by atoms with E-state index < -0.39 is 4.92 Å². The summed E-state index contributed by atoms with van der Waals surface area (Å²) < 4.78 is 3.15. The zero-order valence-corrected chi connectivity index (χ0v) is 15.5. The fourth-order valence-corrected chi connectivity index (χ4v) is 3.54. The highest BCUT2D eigenvalue weighted by atomic mass is 16.6. The van der Waals surface area contributed by atoms with Gasteiger partial charge in [0.1, 0.15) is 0 Å². The van der Waals surface area contributed by atoms with Crippen molar-refractivity contribution in [1.82, 2.24) is 4.57 Å². The van der Waals surface area contributed by atoms with E-state index in [4.69, 9.17) is 0 Å². The second-order valence-corrected chi connectivity index (χ2v) is 6.66. The molecule has 0 amide bonds. The van der Waals surface area contributed by atoms with Gasteiger partial charge < -0.3 is 0 Å². The number of nitrogens with zero attached hydrogens (tertiary/aromatic N) is 3. The number of aryl methyl sites for hydroxylation is 1. The molecule has 0 fully saturated rings. The Kier molecular flexibility index (Phi) is 4.38.